The van der Waals surface area contributed by atoms with Crippen LogP contribution in [-0.4, -0.2) is 29.5 Å². The number of nitrogens with one attached hydrogen (secondary N) is 1. The number of ether oxygens (including phenoxy) is 1. The molecule has 1 atom stereocenters. The zero-order valence-corrected chi connectivity index (χ0v) is 24.3. The summed E-state index contributed by atoms with van der Waals surface area (Å²) in [6.07, 6.45) is -6.78. The molecule has 218 valence electrons. The number of benzene rings is 2. The summed E-state index contributed by atoms with van der Waals surface area (Å²) in [6, 6.07) is 5.50. The van der Waals surface area contributed by atoms with Crippen molar-refractivity contribution in [2.24, 2.45) is 11.1 Å². The summed E-state index contributed by atoms with van der Waals surface area (Å²) >= 11 is 17.9. The van der Waals surface area contributed by atoms with Crippen molar-refractivity contribution in [1.29, 1.82) is 0 Å². The Labute approximate surface area is 243 Å². The lowest BCUT2D eigenvalue weighted by molar-refractivity contribution is -0.275. The van der Waals surface area contributed by atoms with Crippen LogP contribution in [0, 0.1) is 11.7 Å². The SMILES string of the molecule is CC(C)CC(=O)NN(C(=O)OC(C)(C)C)c1cc(C2=NOC(c3cc(Cl)c(F)c(Cl)c3)(C(F)(F)F)C2)ccc1Cl. The zero-order chi connectivity index (χ0) is 30.2. The number of nitrogens with zero attached hydrogens (tertiary/aromatic N) is 2. The summed E-state index contributed by atoms with van der Waals surface area (Å²) < 4.78 is 62.6. The number of amides is 2. The van der Waals surface area contributed by atoms with E-state index in [1.807, 2.05) is 0 Å². The van der Waals surface area contributed by atoms with E-state index >= 15 is 0 Å². The highest BCUT2D eigenvalue weighted by Gasteiger charge is 2.62. The smallest absolute Gasteiger partial charge is 0.435 e. The maximum absolute atomic E-state index is 14.4. The molecule has 0 saturated heterocycles. The van der Waals surface area contributed by atoms with E-state index in [1.54, 1.807) is 34.6 Å². The number of carbonyl (C=O) groups excluding carboxylic acids is 2. The Balaban J connectivity index is 2.04. The molecule has 0 fully saturated rings. The van der Waals surface area contributed by atoms with E-state index in [9.17, 15) is 27.2 Å². The summed E-state index contributed by atoms with van der Waals surface area (Å²) in [5, 5.41) is 3.20. The van der Waals surface area contributed by atoms with Crippen LogP contribution >= 0.6 is 34.8 Å². The highest BCUT2D eigenvalue weighted by Crippen LogP contribution is 2.50. The van der Waals surface area contributed by atoms with Crippen LogP contribution in [-0.2, 0) is 20.0 Å². The predicted molar refractivity (Wildman–Crippen MR) is 144 cm³/mol. The van der Waals surface area contributed by atoms with Gasteiger partial charge >= 0.3 is 12.3 Å². The van der Waals surface area contributed by atoms with Crippen molar-refractivity contribution in [3.05, 3.63) is 62.3 Å². The van der Waals surface area contributed by atoms with Crippen LogP contribution in [0.5, 0.6) is 0 Å². The molecule has 0 bridgehead atoms. The molecule has 1 aliphatic rings. The van der Waals surface area contributed by atoms with Gasteiger partial charge in [0.05, 0.1) is 26.5 Å². The molecule has 2 aromatic rings. The van der Waals surface area contributed by atoms with Crippen molar-refractivity contribution in [2.45, 2.75) is 64.8 Å². The van der Waals surface area contributed by atoms with Crippen LogP contribution in [0.1, 0.15) is 58.6 Å². The minimum absolute atomic E-state index is 0.0156. The van der Waals surface area contributed by atoms with Gasteiger partial charge in [-0.25, -0.2) is 9.18 Å². The second-order valence-electron chi connectivity index (χ2n) is 10.5. The number of alkyl halides is 3. The summed E-state index contributed by atoms with van der Waals surface area (Å²) in [5.41, 5.74) is -2.24. The molecule has 14 heteroatoms. The first-order valence-corrected chi connectivity index (χ1v) is 13.1. The Morgan fingerprint density at radius 1 is 1.10 bits per heavy atom. The van der Waals surface area contributed by atoms with E-state index in [0.717, 1.165) is 17.1 Å². The number of halogens is 7. The van der Waals surface area contributed by atoms with Gasteiger partial charge in [-0.3, -0.25) is 10.2 Å². The van der Waals surface area contributed by atoms with Gasteiger partial charge in [0.1, 0.15) is 5.60 Å². The minimum Gasteiger partial charge on any atom is -0.442 e. The number of hydrogen-bond acceptors (Lipinski definition) is 5. The van der Waals surface area contributed by atoms with E-state index in [4.69, 9.17) is 44.4 Å². The standard InChI is InChI=1S/C26H26Cl3F4N3O4/c1-13(2)8-21(37)34-36(23(38)39-24(3,4)5)20-9-14(6-7-16(20)27)19-12-25(40-35-19,26(31,32)33)15-10-17(28)22(30)18(29)11-15/h6-7,9-11,13H,8,12H2,1-5H3,(H,34,37). The maximum Gasteiger partial charge on any atom is 0.435 e. The quantitative estimate of drug-likeness (QED) is 0.206. The number of anilines is 1. The van der Waals surface area contributed by atoms with Crippen molar-refractivity contribution in [3.63, 3.8) is 0 Å². The Hall–Kier alpha value is -2.76. The lowest BCUT2D eigenvalue weighted by Gasteiger charge is -2.30. The topological polar surface area (TPSA) is 80.2 Å². The molecule has 1 heterocycles. The molecule has 3 rings (SSSR count). The van der Waals surface area contributed by atoms with Crippen LogP contribution in [0.3, 0.4) is 0 Å². The summed E-state index contributed by atoms with van der Waals surface area (Å²) in [7, 11) is 0. The third-order valence-corrected chi connectivity index (χ3v) is 6.43. The average Bonchev–Trinajstić information content (AvgIpc) is 3.27. The van der Waals surface area contributed by atoms with Crippen molar-refractivity contribution in [2.75, 3.05) is 5.01 Å². The largest absolute Gasteiger partial charge is 0.442 e. The first kappa shape index (κ1) is 31.8. The monoisotopic (exact) mass is 625 g/mol. The van der Waals surface area contributed by atoms with Crippen molar-refractivity contribution >= 4 is 58.2 Å². The first-order chi connectivity index (χ1) is 18.3. The number of oxime groups is 1. The van der Waals surface area contributed by atoms with Gasteiger partial charge in [-0.1, -0.05) is 59.9 Å². The van der Waals surface area contributed by atoms with Gasteiger partial charge in [-0.2, -0.15) is 18.2 Å². The fourth-order valence-electron chi connectivity index (χ4n) is 3.76. The molecule has 0 saturated carbocycles. The normalized spacial score (nSPS) is 17.4. The Morgan fingerprint density at radius 3 is 2.23 bits per heavy atom. The average molecular weight is 627 g/mol. The molecule has 2 amide bonds. The van der Waals surface area contributed by atoms with E-state index < -0.39 is 57.2 Å². The molecule has 0 aliphatic carbocycles. The van der Waals surface area contributed by atoms with Gasteiger partial charge in [-0.15, -0.1) is 0 Å². The second-order valence-corrected chi connectivity index (χ2v) is 11.7. The van der Waals surface area contributed by atoms with Crippen molar-refractivity contribution in [1.82, 2.24) is 5.43 Å². The van der Waals surface area contributed by atoms with Gasteiger partial charge in [0.15, 0.2) is 5.82 Å². The Morgan fingerprint density at radius 2 is 1.70 bits per heavy atom. The molecule has 0 spiro atoms. The van der Waals surface area contributed by atoms with E-state index in [0.29, 0.717) is 0 Å². The Kier molecular flexibility index (Phi) is 9.23. The van der Waals surface area contributed by atoms with Gasteiger partial charge in [0.25, 0.3) is 5.60 Å². The highest BCUT2D eigenvalue weighted by molar-refractivity contribution is 6.35. The summed E-state index contributed by atoms with van der Waals surface area (Å²) in [5.74, 6) is -1.64. The van der Waals surface area contributed by atoms with Crippen LogP contribution in [0.2, 0.25) is 15.1 Å². The molecule has 0 radical (unpaired) electrons. The van der Waals surface area contributed by atoms with E-state index in [-0.39, 0.29) is 34.3 Å². The number of rotatable bonds is 5. The lowest BCUT2D eigenvalue weighted by Crippen LogP contribution is -2.49. The van der Waals surface area contributed by atoms with E-state index in [1.165, 1.54) is 18.2 Å². The van der Waals surface area contributed by atoms with Crippen molar-refractivity contribution < 1.29 is 36.7 Å². The molecule has 7 nitrogen and oxygen atoms in total. The van der Waals surface area contributed by atoms with Crippen molar-refractivity contribution in [3.8, 4) is 0 Å². The van der Waals surface area contributed by atoms with Crippen LogP contribution < -0.4 is 10.4 Å². The summed E-state index contributed by atoms with van der Waals surface area (Å²) in [4.78, 5) is 30.6. The minimum atomic E-state index is -5.02. The van der Waals surface area contributed by atoms with Crippen LogP contribution in [0.4, 0.5) is 28.0 Å². The zero-order valence-electron chi connectivity index (χ0n) is 22.1. The number of hydrogen-bond donors (Lipinski definition) is 1. The number of hydrazine groups is 1. The van der Waals surface area contributed by atoms with Gasteiger partial charge in [0.2, 0.25) is 5.91 Å². The highest BCUT2D eigenvalue weighted by atomic mass is 35.5. The van der Waals surface area contributed by atoms with Crippen LogP contribution in [0.25, 0.3) is 0 Å². The molecule has 2 aromatic carbocycles. The molecular formula is C26H26Cl3F4N3O4. The lowest BCUT2D eigenvalue weighted by atomic mass is 9.86. The van der Waals surface area contributed by atoms with E-state index in [2.05, 4.69) is 10.6 Å². The third kappa shape index (κ3) is 6.92. The molecule has 1 aliphatic heterocycles. The Bertz CT molecular complexity index is 1320. The fraction of sp³-hybridized carbons (Fsp3) is 0.423. The molecule has 40 heavy (non-hydrogen) atoms. The summed E-state index contributed by atoms with van der Waals surface area (Å²) in [6.45, 7) is 8.46. The molecular weight excluding hydrogens is 601 g/mol. The second kappa shape index (κ2) is 11.6. The molecule has 1 unspecified atom stereocenters. The fourth-order valence-corrected chi connectivity index (χ4v) is 4.45. The maximum atomic E-state index is 14.4. The molecule has 1 N–H and O–H groups in total. The first-order valence-electron chi connectivity index (χ1n) is 11.9. The molecule has 0 aromatic heterocycles. The van der Waals surface area contributed by atoms with Gasteiger partial charge < -0.3 is 9.57 Å². The third-order valence-electron chi connectivity index (χ3n) is 5.56. The predicted octanol–water partition coefficient (Wildman–Crippen LogP) is 8.19. The van der Waals surface area contributed by atoms with Crippen LogP contribution in [0.15, 0.2) is 35.5 Å². The van der Waals surface area contributed by atoms with Gasteiger partial charge in [0, 0.05) is 24.0 Å². The van der Waals surface area contributed by atoms with Gasteiger partial charge in [-0.05, 0) is 51.0 Å². The number of carbonyl (C=O) groups is 2.